The lowest BCUT2D eigenvalue weighted by molar-refractivity contribution is -0.384. The number of nitro benzene ring substituents is 1. The molecule has 1 amide bonds. The van der Waals surface area contributed by atoms with Gasteiger partial charge in [0, 0.05) is 44.0 Å². The molecule has 2 heterocycles. The number of nitrogens with zero attached hydrogens (tertiary/aromatic N) is 3. The zero-order valence-corrected chi connectivity index (χ0v) is 21.6. The maximum Gasteiger partial charge on any atom is 0.341 e. The molecule has 0 aromatic heterocycles. The second kappa shape index (κ2) is 11.9. The number of ether oxygens (including phenoxy) is 3. The van der Waals surface area contributed by atoms with Gasteiger partial charge in [-0.15, -0.1) is 0 Å². The highest BCUT2D eigenvalue weighted by molar-refractivity contribution is 7.89. The molecule has 0 bridgehead atoms. The second-order valence-electron chi connectivity index (χ2n) is 8.68. The fourth-order valence-corrected chi connectivity index (χ4v) is 5.54. The smallest absolute Gasteiger partial charge is 0.341 e. The van der Waals surface area contributed by atoms with Gasteiger partial charge in [0.1, 0.15) is 0 Å². The van der Waals surface area contributed by atoms with Crippen molar-refractivity contribution in [3.63, 3.8) is 0 Å². The van der Waals surface area contributed by atoms with Gasteiger partial charge in [-0.3, -0.25) is 14.9 Å². The molecule has 0 aliphatic carbocycles. The Hall–Kier alpha value is -3.59. The van der Waals surface area contributed by atoms with Crippen molar-refractivity contribution in [2.75, 3.05) is 69.4 Å². The molecule has 0 unspecified atom stereocenters. The van der Waals surface area contributed by atoms with E-state index in [-0.39, 0.29) is 34.9 Å². The van der Waals surface area contributed by atoms with Gasteiger partial charge in [0.15, 0.2) is 6.61 Å². The number of morpholine rings is 2. The third-order valence-corrected chi connectivity index (χ3v) is 8.08. The van der Waals surface area contributed by atoms with E-state index in [0.717, 1.165) is 6.07 Å². The van der Waals surface area contributed by atoms with E-state index in [1.54, 1.807) is 13.0 Å². The Morgan fingerprint density at radius 2 is 1.68 bits per heavy atom. The maximum atomic E-state index is 13.0. The number of benzene rings is 2. The number of carbonyl (C=O) groups excluding carboxylic acids is 2. The van der Waals surface area contributed by atoms with Crippen molar-refractivity contribution in [2.24, 2.45) is 0 Å². The number of aryl methyl sites for hydroxylation is 1. The number of amides is 1. The number of esters is 1. The van der Waals surface area contributed by atoms with Crippen LogP contribution in [-0.2, 0) is 29.0 Å². The molecule has 2 aliphatic rings. The van der Waals surface area contributed by atoms with Crippen molar-refractivity contribution >= 4 is 39.0 Å². The summed E-state index contributed by atoms with van der Waals surface area (Å²) in [5.41, 5.74) is 0.987. The highest BCUT2D eigenvalue weighted by Crippen LogP contribution is 2.27. The zero-order valence-electron chi connectivity index (χ0n) is 20.8. The van der Waals surface area contributed by atoms with E-state index in [1.165, 1.54) is 28.6 Å². The van der Waals surface area contributed by atoms with Crippen LogP contribution >= 0.6 is 0 Å². The van der Waals surface area contributed by atoms with Crippen LogP contribution in [0.5, 0.6) is 0 Å². The van der Waals surface area contributed by atoms with E-state index in [0.29, 0.717) is 50.8 Å². The molecule has 2 aromatic rings. The van der Waals surface area contributed by atoms with E-state index in [4.69, 9.17) is 14.2 Å². The minimum absolute atomic E-state index is 0.0176. The molecule has 0 radical (unpaired) electrons. The van der Waals surface area contributed by atoms with E-state index in [1.807, 2.05) is 4.90 Å². The highest BCUT2D eigenvalue weighted by Gasteiger charge is 2.27. The zero-order chi connectivity index (χ0) is 27.3. The average molecular weight is 549 g/mol. The molecule has 2 saturated heterocycles. The van der Waals surface area contributed by atoms with Crippen molar-refractivity contribution in [3.8, 4) is 0 Å². The third-order valence-electron chi connectivity index (χ3n) is 6.19. The molecule has 1 N–H and O–H groups in total. The SMILES string of the molecule is Cc1ccc(S(=O)(=O)N2CCOCC2)cc1NC(=O)COC(=O)c1cc([N+](=O)[O-])ccc1N1CCOCC1. The number of non-ortho nitro benzene ring substituents is 1. The van der Waals surface area contributed by atoms with Crippen LogP contribution in [0.3, 0.4) is 0 Å². The minimum Gasteiger partial charge on any atom is -0.452 e. The van der Waals surface area contributed by atoms with E-state index >= 15 is 0 Å². The Morgan fingerprint density at radius 3 is 2.34 bits per heavy atom. The van der Waals surface area contributed by atoms with Gasteiger partial charge in [0.05, 0.1) is 47.5 Å². The monoisotopic (exact) mass is 548 g/mol. The summed E-state index contributed by atoms with van der Waals surface area (Å²) in [5.74, 6) is -1.59. The number of sulfonamides is 1. The molecule has 0 spiro atoms. The largest absolute Gasteiger partial charge is 0.452 e. The number of hydrogen-bond donors (Lipinski definition) is 1. The predicted molar refractivity (Wildman–Crippen MR) is 136 cm³/mol. The molecule has 2 aromatic carbocycles. The van der Waals surface area contributed by atoms with Crippen LogP contribution in [0.1, 0.15) is 15.9 Å². The van der Waals surface area contributed by atoms with Gasteiger partial charge in [-0.1, -0.05) is 6.07 Å². The molecule has 204 valence electrons. The first-order valence-electron chi connectivity index (χ1n) is 11.9. The van der Waals surface area contributed by atoms with Crippen molar-refractivity contribution in [3.05, 3.63) is 57.6 Å². The topological polar surface area (TPSA) is 158 Å². The predicted octanol–water partition coefficient (Wildman–Crippen LogP) is 1.56. The summed E-state index contributed by atoms with van der Waals surface area (Å²) in [6, 6.07) is 8.29. The fraction of sp³-hybridized carbons (Fsp3) is 0.417. The van der Waals surface area contributed by atoms with E-state index in [2.05, 4.69) is 5.32 Å². The summed E-state index contributed by atoms with van der Waals surface area (Å²) in [7, 11) is -3.78. The second-order valence-corrected chi connectivity index (χ2v) is 10.6. The van der Waals surface area contributed by atoms with Gasteiger partial charge < -0.3 is 24.4 Å². The summed E-state index contributed by atoms with van der Waals surface area (Å²) < 4.78 is 43.0. The molecule has 2 fully saturated rings. The number of nitro groups is 1. The van der Waals surface area contributed by atoms with Crippen molar-refractivity contribution in [1.82, 2.24) is 4.31 Å². The molecule has 14 heteroatoms. The number of hydrogen-bond acceptors (Lipinski definition) is 10. The summed E-state index contributed by atoms with van der Waals surface area (Å²) in [6.45, 7) is 3.95. The summed E-state index contributed by atoms with van der Waals surface area (Å²) in [5, 5.41) is 13.8. The van der Waals surface area contributed by atoms with Gasteiger partial charge in [-0.05, 0) is 30.7 Å². The number of carbonyl (C=O) groups is 2. The molecule has 0 saturated carbocycles. The van der Waals surface area contributed by atoms with Crippen LogP contribution in [0.25, 0.3) is 0 Å². The summed E-state index contributed by atoms with van der Waals surface area (Å²) in [6.07, 6.45) is 0. The Kier molecular flexibility index (Phi) is 8.56. The maximum absolute atomic E-state index is 13.0. The van der Waals surface area contributed by atoms with Gasteiger partial charge >= 0.3 is 5.97 Å². The Bertz CT molecular complexity index is 1320. The highest BCUT2D eigenvalue weighted by atomic mass is 32.2. The first-order chi connectivity index (χ1) is 18.2. The van der Waals surface area contributed by atoms with E-state index in [9.17, 15) is 28.1 Å². The Labute approximate surface area is 219 Å². The Balaban J connectivity index is 1.46. The van der Waals surface area contributed by atoms with Crippen LogP contribution in [0.15, 0.2) is 41.3 Å². The van der Waals surface area contributed by atoms with Crippen LogP contribution in [0.2, 0.25) is 0 Å². The number of rotatable bonds is 8. The van der Waals surface area contributed by atoms with Crippen LogP contribution in [0.4, 0.5) is 17.1 Å². The molecular formula is C24H28N4O9S. The van der Waals surface area contributed by atoms with Gasteiger partial charge in [-0.2, -0.15) is 4.31 Å². The Morgan fingerprint density at radius 1 is 1.03 bits per heavy atom. The lowest BCUT2D eigenvalue weighted by Crippen LogP contribution is -2.40. The van der Waals surface area contributed by atoms with Gasteiger partial charge in [-0.25, -0.2) is 13.2 Å². The molecule has 4 rings (SSSR count). The molecule has 0 atom stereocenters. The molecular weight excluding hydrogens is 520 g/mol. The van der Waals surface area contributed by atoms with Crippen LogP contribution in [-0.4, -0.2) is 88.7 Å². The molecule has 2 aliphatic heterocycles. The summed E-state index contributed by atoms with van der Waals surface area (Å²) >= 11 is 0. The molecule has 38 heavy (non-hydrogen) atoms. The minimum atomic E-state index is -3.78. The van der Waals surface area contributed by atoms with Crippen molar-refractivity contribution in [1.29, 1.82) is 0 Å². The number of anilines is 2. The first kappa shape index (κ1) is 27.4. The molecule has 13 nitrogen and oxygen atoms in total. The summed E-state index contributed by atoms with van der Waals surface area (Å²) in [4.78, 5) is 38.0. The average Bonchev–Trinajstić information content (AvgIpc) is 2.93. The van der Waals surface area contributed by atoms with Gasteiger partial charge in [0.25, 0.3) is 11.6 Å². The van der Waals surface area contributed by atoms with Crippen LogP contribution in [0, 0.1) is 17.0 Å². The standard InChI is InChI=1S/C24H28N4O9S/c1-17-2-4-19(38(33,34)27-8-12-36-13-9-27)15-21(17)25-23(29)16-37-24(30)20-14-18(28(31)32)3-5-22(20)26-6-10-35-11-7-26/h2-5,14-15H,6-13,16H2,1H3,(H,25,29). The lowest BCUT2D eigenvalue weighted by atomic mass is 10.1. The third kappa shape index (κ3) is 6.27. The van der Waals surface area contributed by atoms with Crippen molar-refractivity contribution in [2.45, 2.75) is 11.8 Å². The van der Waals surface area contributed by atoms with Crippen LogP contribution < -0.4 is 10.2 Å². The lowest BCUT2D eigenvalue weighted by Gasteiger charge is -2.30. The van der Waals surface area contributed by atoms with Crippen molar-refractivity contribution < 1.29 is 37.1 Å². The fourth-order valence-electron chi connectivity index (χ4n) is 4.11. The van der Waals surface area contributed by atoms with Gasteiger partial charge in [0.2, 0.25) is 10.0 Å². The first-order valence-corrected chi connectivity index (χ1v) is 13.4. The normalized spacial score (nSPS) is 16.6. The number of nitrogens with one attached hydrogen (secondary N) is 1. The quantitative estimate of drug-likeness (QED) is 0.292. The van der Waals surface area contributed by atoms with E-state index < -0.39 is 33.4 Å².